The maximum absolute atomic E-state index is 9.68. The van der Waals surface area contributed by atoms with E-state index >= 15 is 0 Å². The highest BCUT2D eigenvalue weighted by Gasteiger charge is 2.10. The molecule has 0 atom stereocenters. The third kappa shape index (κ3) is 8.86. The number of carbonyl (C=O) groups excluding carboxylic acids is 1. The van der Waals surface area contributed by atoms with Crippen molar-refractivity contribution in [1.29, 1.82) is 0 Å². The van der Waals surface area contributed by atoms with Gasteiger partial charge in [-0.05, 0) is 20.0 Å². The molecule has 0 radical (unpaired) electrons. The molecule has 0 aromatic rings. The Morgan fingerprint density at radius 2 is 1.69 bits per heavy atom. The van der Waals surface area contributed by atoms with Crippen molar-refractivity contribution in [2.24, 2.45) is 0 Å². The Labute approximate surface area is 101 Å². The Bertz CT molecular complexity index is 154. The van der Waals surface area contributed by atoms with E-state index in [2.05, 4.69) is 30.7 Å². The first-order valence-corrected chi connectivity index (χ1v) is 6.59. The van der Waals surface area contributed by atoms with E-state index in [-0.39, 0.29) is 0 Å². The Kier molecular flexibility index (Phi) is 10.8. The van der Waals surface area contributed by atoms with Gasteiger partial charge in [-0.3, -0.25) is 0 Å². The van der Waals surface area contributed by atoms with Gasteiger partial charge in [-0.1, -0.05) is 26.7 Å². The molecule has 0 bridgehead atoms. The molecule has 96 valence electrons. The number of aldehydes is 1. The summed E-state index contributed by atoms with van der Waals surface area (Å²) in [5, 5.41) is 0. The lowest BCUT2D eigenvalue weighted by Crippen LogP contribution is -2.44. The number of unbranched alkanes of at least 4 members (excludes halogenated alkanes) is 3. The molecule has 0 aromatic heterocycles. The molecular weight excluding hydrogens is 200 g/mol. The second kappa shape index (κ2) is 11.1. The van der Waals surface area contributed by atoms with Crippen LogP contribution in [-0.2, 0) is 4.79 Å². The Morgan fingerprint density at radius 3 is 2.12 bits per heavy atom. The smallest absolute Gasteiger partial charge is 0.119 e. The second-order valence-corrected chi connectivity index (χ2v) is 4.40. The molecule has 0 aliphatic carbocycles. The van der Waals surface area contributed by atoms with Crippen molar-refractivity contribution >= 4 is 6.29 Å². The van der Waals surface area contributed by atoms with Crippen LogP contribution in [0.15, 0.2) is 0 Å². The van der Waals surface area contributed by atoms with Crippen LogP contribution in [-0.4, -0.2) is 55.9 Å². The SMILES string of the molecule is CCCCCC=O.CCN1CCN(C)CC1. The summed E-state index contributed by atoms with van der Waals surface area (Å²) in [6, 6.07) is 0. The summed E-state index contributed by atoms with van der Waals surface area (Å²) < 4.78 is 0. The average molecular weight is 228 g/mol. The van der Waals surface area contributed by atoms with E-state index in [0.29, 0.717) is 0 Å². The lowest BCUT2D eigenvalue weighted by molar-refractivity contribution is -0.107. The standard InChI is InChI=1S/C7H16N2.C6H12O/c1-3-9-6-4-8(2)5-7-9;1-2-3-4-5-6-7/h3-7H2,1-2H3;6H,2-5H2,1H3. The number of likely N-dealkylation sites (N-methyl/N-ethyl adjacent to an activating group) is 2. The zero-order chi connectivity index (χ0) is 12.2. The van der Waals surface area contributed by atoms with Gasteiger partial charge in [0.2, 0.25) is 0 Å². The van der Waals surface area contributed by atoms with Crippen LogP contribution in [0.2, 0.25) is 0 Å². The lowest BCUT2D eigenvalue weighted by atomic mass is 10.2. The molecule has 0 amide bonds. The summed E-state index contributed by atoms with van der Waals surface area (Å²) >= 11 is 0. The van der Waals surface area contributed by atoms with Crippen LogP contribution < -0.4 is 0 Å². The van der Waals surface area contributed by atoms with Crippen LogP contribution >= 0.6 is 0 Å². The third-order valence-corrected chi connectivity index (χ3v) is 2.97. The summed E-state index contributed by atoms with van der Waals surface area (Å²) in [4.78, 5) is 14.5. The zero-order valence-electron chi connectivity index (χ0n) is 11.2. The Balaban J connectivity index is 0.000000293. The van der Waals surface area contributed by atoms with Crippen LogP contribution in [0.5, 0.6) is 0 Å². The van der Waals surface area contributed by atoms with Gasteiger partial charge in [0, 0.05) is 32.6 Å². The molecule has 0 unspecified atom stereocenters. The van der Waals surface area contributed by atoms with Gasteiger partial charge in [-0.2, -0.15) is 0 Å². The van der Waals surface area contributed by atoms with E-state index < -0.39 is 0 Å². The molecular formula is C13H28N2O. The fraction of sp³-hybridized carbons (Fsp3) is 0.923. The van der Waals surface area contributed by atoms with Crippen LogP contribution in [0.1, 0.15) is 39.5 Å². The molecule has 1 fully saturated rings. The third-order valence-electron chi connectivity index (χ3n) is 2.97. The van der Waals surface area contributed by atoms with Gasteiger partial charge < -0.3 is 14.6 Å². The highest BCUT2D eigenvalue weighted by atomic mass is 16.1. The van der Waals surface area contributed by atoms with Crippen molar-refractivity contribution in [1.82, 2.24) is 9.80 Å². The fourth-order valence-electron chi connectivity index (χ4n) is 1.64. The number of hydrogen-bond donors (Lipinski definition) is 0. The van der Waals surface area contributed by atoms with Gasteiger partial charge in [0.25, 0.3) is 0 Å². The van der Waals surface area contributed by atoms with Crippen molar-refractivity contribution in [2.45, 2.75) is 39.5 Å². The maximum atomic E-state index is 9.68. The van der Waals surface area contributed by atoms with Crippen LogP contribution in [0.3, 0.4) is 0 Å². The topological polar surface area (TPSA) is 23.6 Å². The zero-order valence-corrected chi connectivity index (χ0v) is 11.2. The molecule has 16 heavy (non-hydrogen) atoms. The van der Waals surface area contributed by atoms with Gasteiger partial charge in [0.15, 0.2) is 0 Å². The molecule has 1 rings (SSSR count). The number of rotatable bonds is 5. The summed E-state index contributed by atoms with van der Waals surface area (Å²) in [6.45, 7) is 10.6. The minimum absolute atomic E-state index is 0.744. The molecule has 1 aliphatic rings. The summed E-state index contributed by atoms with van der Waals surface area (Å²) in [6.07, 6.45) is 5.19. The fourth-order valence-corrected chi connectivity index (χ4v) is 1.64. The molecule has 1 saturated heterocycles. The van der Waals surface area contributed by atoms with E-state index in [1.807, 2.05) is 0 Å². The van der Waals surface area contributed by atoms with Crippen LogP contribution in [0, 0.1) is 0 Å². The monoisotopic (exact) mass is 228 g/mol. The average Bonchev–Trinajstić information content (AvgIpc) is 2.32. The van der Waals surface area contributed by atoms with Gasteiger partial charge >= 0.3 is 0 Å². The summed E-state index contributed by atoms with van der Waals surface area (Å²) in [5.41, 5.74) is 0. The second-order valence-electron chi connectivity index (χ2n) is 4.40. The normalized spacial score (nSPS) is 17.7. The van der Waals surface area contributed by atoms with E-state index in [1.165, 1.54) is 45.6 Å². The molecule has 1 aliphatic heterocycles. The predicted octanol–water partition coefficient (Wildman–Crippen LogP) is 2.02. The van der Waals surface area contributed by atoms with E-state index in [1.54, 1.807) is 0 Å². The van der Waals surface area contributed by atoms with E-state index in [9.17, 15) is 4.79 Å². The van der Waals surface area contributed by atoms with Gasteiger partial charge in [-0.15, -0.1) is 0 Å². The van der Waals surface area contributed by atoms with Crippen molar-refractivity contribution < 1.29 is 4.79 Å². The number of carbonyl (C=O) groups is 1. The van der Waals surface area contributed by atoms with Crippen LogP contribution in [0.25, 0.3) is 0 Å². The quantitative estimate of drug-likeness (QED) is 0.531. The predicted molar refractivity (Wildman–Crippen MR) is 69.8 cm³/mol. The largest absolute Gasteiger partial charge is 0.304 e. The molecule has 0 N–H and O–H groups in total. The number of hydrogen-bond acceptors (Lipinski definition) is 3. The highest BCUT2D eigenvalue weighted by Crippen LogP contribution is 1.96. The minimum atomic E-state index is 0.744. The van der Waals surface area contributed by atoms with E-state index in [4.69, 9.17) is 0 Å². The lowest BCUT2D eigenvalue weighted by Gasteiger charge is -2.31. The molecule has 3 heteroatoms. The van der Waals surface area contributed by atoms with Crippen molar-refractivity contribution in [2.75, 3.05) is 39.8 Å². The molecule has 3 nitrogen and oxygen atoms in total. The van der Waals surface area contributed by atoms with Gasteiger partial charge in [0.1, 0.15) is 6.29 Å². The van der Waals surface area contributed by atoms with E-state index in [0.717, 1.165) is 19.1 Å². The molecule has 0 spiro atoms. The van der Waals surface area contributed by atoms with Crippen LogP contribution in [0.4, 0.5) is 0 Å². The first kappa shape index (κ1) is 15.6. The summed E-state index contributed by atoms with van der Waals surface area (Å²) in [7, 11) is 2.19. The maximum Gasteiger partial charge on any atom is 0.119 e. The minimum Gasteiger partial charge on any atom is -0.304 e. The van der Waals surface area contributed by atoms with Gasteiger partial charge in [-0.25, -0.2) is 0 Å². The number of piperazine rings is 1. The summed E-state index contributed by atoms with van der Waals surface area (Å²) in [5.74, 6) is 0. The molecule has 0 aromatic carbocycles. The number of nitrogens with zero attached hydrogens (tertiary/aromatic N) is 2. The van der Waals surface area contributed by atoms with Crippen molar-refractivity contribution in [3.05, 3.63) is 0 Å². The van der Waals surface area contributed by atoms with Gasteiger partial charge in [0.05, 0.1) is 0 Å². The Hall–Kier alpha value is -0.410. The first-order chi connectivity index (χ1) is 7.74. The molecule has 0 saturated carbocycles. The molecule has 1 heterocycles. The van der Waals surface area contributed by atoms with Crippen molar-refractivity contribution in [3.63, 3.8) is 0 Å². The Morgan fingerprint density at radius 1 is 1.06 bits per heavy atom. The van der Waals surface area contributed by atoms with Crippen molar-refractivity contribution in [3.8, 4) is 0 Å². The first-order valence-electron chi connectivity index (χ1n) is 6.59. The highest BCUT2D eigenvalue weighted by molar-refractivity contribution is 5.48.